The number of hydrogen-bond donors (Lipinski definition) is 0. The van der Waals surface area contributed by atoms with Crippen molar-refractivity contribution in [1.29, 1.82) is 0 Å². The molecule has 0 N–H and O–H groups in total. The lowest BCUT2D eigenvalue weighted by molar-refractivity contribution is 0.458. The van der Waals surface area contributed by atoms with Crippen LogP contribution in [0.5, 0.6) is 0 Å². The average molecular weight is 310 g/mol. The van der Waals surface area contributed by atoms with E-state index in [1.165, 1.54) is 24.1 Å². The summed E-state index contributed by atoms with van der Waals surface area (Å²) in [5.41, 5.74) is 2.98. The van der Waals surface area contributed by atoms with Gasteiger partial charge in [0.2, 0.25) is 0 Å². The highest BCUT2D eigenvalue weighted by Crippen LogP contribution is 2.64. The Morgan fingerprint density at radius 2 is 1.45 bits per heavy atom. The molecule has 0 amide bonds. The monoisotopic (exact) mass is 309 g/mol. The van der Waals surface area contributed by atoms with Gasteiger partial charge >= 0.3 is 0 Å². The molecule has 0 bridgehead atoms. The maximum absolute atomic E-state index is 2.75. The molecule has 22 heavy (non-hydrogen) atoms. The quantitative estimate of drug-likeness (QED) is 0.540. The topological polar surface area (TPSA) is 3.01 Å². The molecule has 2 aromatic rings. The molecule has 2 aromatic carbocycles. The van der Waals surface area contributed by atoms with Crippen molar-refractivity contribution in [2.45, 2.75) is 44.2 Å². The third-order valence-corrected chi connectivity index (χ3v) is 8.17. The Labute approximate surface area is 136 Å². The van der Waals surface area contributed by atoms with E-state index in [1.54, 1.807) is 0 Å². The first-order chi connectivity index (χ1) is 10.5. The Morgan fingerprint density at radius 1 is 0.909 bits per heavy atom. The molecule has 1 fully saturated rings. The molecule has 0 saturated carbocycles. The van der Waals surface area contributed by atoms with Crippen LogP contribution in [-0.2, 0) is 5.16 Å². The SMILES string of the molecule is CCCN1[C@@H](c2ccccc2)[C@]1(c1ccccc1)[Si](C)(C)C. The smallest absolute Gasteiger partial charge is 0.0759 e. The Hall–Kier alpha value is -1.38. The summed E-state index contributed by atoms with van der Waals surface area (Å²) in [5.74, 6) is 0. The van der Waals surface area contributed by atoms with E-state index in [9.17, 15) is 0 Å². The van der Waals surface area contributed by atoms with Crippen LogP contribution in [-0.4, -0.2) is 19.5 Å². The third-order valence-electron chi connectivity index (χ3n) is 5.03. The normalized spacial score (nSPS) is 27.6. The third kappa shape index (κ3) is 2.26. The molecule has 3 rings (SSSR count). The molecule has 0 radical (unpaired) electrons. The fourth-order valence-corrected chi connectivity index (χ4v) is 7.45. The highest BCUT2D eigenvalue weighted by molar-refractivity contribution is 6.80. The Bertz CT molecular complexity index is 617. The molecule has 0 aromatic heterocycles. The van der Waals surface area contributed by atoms with Gasteiger partial charge in [0.25, 0.3) is 0 Å². The van der Waals surface area contributed by atoms with Gasteiger partial charge in [-0.15, -0.1) is 0 Å². The van der Waals surface area contributed by atoms with E-state index in [2.05, 4.69) is 92.1 Å². The van der Waals surface area contributed by atoms with Gasteiger partial charge in [-0.3, -0.25) is 4.90 Å². The van der Waals surface area contributed by atoms with E-state index in [0.717, 1.165) is 0 Å². The van der Waals surface area contributed by atoms with E-state index in [0.29, 0.717) is 6.04 Å². The standard InChI is InChI=1S/C20H27NSi/c1-5-16-21-19(17-12-8-6-9-13-17)20(21,22(2,3)4)18-14-10-7-11-15-18/h6-15,19H,5,16H2,1-4H3/t19-,20-,21?/m0/s1. The summed E-state index contributed by atoms with van der Waals surface area (Å²) < 4.78 is 0. The summed E-state index contributed by atoms with van der Waals surface area (Å²) in [6.07, 6.45) is 1.21. The van der Waals surface area contributed by atoms with Gasteiger partial charge in [0, 0.05) is 0 Å². The van der Waals surface area contributed by atoms with E-state index in [4.69, 9.17) is 0 Å². The van der Waals surface area contributed by atoms with Gasteiger partial charge in [-0.2, -0.15) is 0 Å². The summed E-state index contributed by atoms with van der Waals surface area (Å²) in [4.78, 5) is 2.75. The van der Waals surface area contributed by atoms with Crippen molar-refractivity contribution in [3.8, 4) is 0 Å². The van der Waals surface area contributed by atoms with Crippen LogP contribution in [0.4, 0.5) is 0 Å². The van der Waals surface area contributed by atoms with Crippen LogP contribution < -0.4 is 0 Å². The van der Waals surface area contributed by atoms with Crippen LogP contribution in [0.1, 0.15) is 30.5 Å². The van der Waals surface area contributed by atoms with E-state index in [1.807, 2.05) is 0 Å². The highest BCUT2D eigenvalue weighted by Gasteiger charge is 2.69. The first-order valence-corrected chi connectivity index (χ1v) is 11.9. The highest BCUT2D eigenvalue weighted by atomic mass is 28.3. The van der Waals surface area contributed by atoms with Gasteiger partial charge < -0.3 is 0 Å². The summed E-state index contributed by atoms with van der Waals surface area (Å²) in [7, 11) is -1.43. The predicted octanol–water partition coefficient (Wildman–Crippen LogP) is 5.23. The number of benzene rings is 2. The van der Waals surface area contributed by atoms with Crippen molar-refractivity contribution in [3.05, 3.63) is 71.8 Å². The largest absolute Gasteiger partial charge is 0.286 e. The molecular formula is C20H27NSi. The van der Waals surface area contributed by atoms with E-state index in [-0.39, 0.29) is 5.16 Å². The molecule has 116 valence electrons. The first-order valence-electron chi connectivity index (χ1n) is 8.40. The first kappa shape index (κ1) is 15.5. The zero-order chi connectivity index (χ0) is 15.8. The number of rotatable bonds is 5. The Morgan fingerprint density at radius 3 is 1.95 bits per heavy atom. The van der Waals surface area contributed by atoms with Crippen molar-refractivity contribution < 1.29 is 0 Å². The fraction of sp³-hybridized carbons (Fsp3) is 0.400. The van der Waals surface area contributed by atoms with Crippen LogP contribution in [0.3, 0.4) is 0 Å². The van der Waals surface area contributed by atoms with Crippen molar-refractivity contribution in [2.24, 2.45) is 0 Å². The maximum atomic E-state index is 2.75. The van der Waals surface area contributed by atoms with E-state index >= 15 is 0 Å². The zero-order valence-corrected chi connectivity index (χ0v) is 15.2. The molecule has 2 heteroatoms. The van der Waals surface area contributed by atoms with Crippen molar-refractivity contribution >= 4 is 8.07 Å². The molecule has 1 aliphatic heterocycles. The molecule has 1 nitrogen and oxygen atoms in total. The van der Waals surface area contributed by atoms with Gasteiger partial charge in [0.1, 0.15) is 0 Å². The van der Waals surface area contributed by atoms with Gasteiger partial charge in [-0.25, -0.2) is 0 Å². The predicted molar refractivity (Wildman–Crippen MR) is 97.6 cm³/mol. The Kier molecular flexibility index (Phi) is 4.00. The van der Waals surface area contributed by atoms with Gasteiger partial charge in [0.05, 0.1) is 19.3 Å². The average Bonchev–Trinajstić information content (AvgIpc) is 3.19. The molecule has 0 spiro atoms. The molecule has 0 aliphatic carbocycles. The summed E-state index contributed by atoms with van der Waals surface area (Å²) in [6, 6.07) is 22.8. The lowest BCUT2D eigenvalue weighted by Crippen LogP contribution is -2.43. The molecule has 1 unspecified atom stereocenters. The van der Waals surface area contributed by atoms with Crippen LogP contribution in [0.15, 0.2) is 60.7 Å². The van der Waals surface area contributed by atoms with Gasteiger partial charge in [-0.1, -0.05) is 87.2 Å². The summed E-state index contributed by atoms with van der Waals surface area (Å²) >= 11 is 0. The minimum Gasteiger partial charge on any atom is -0.286 e. The molecule has 1 aliphatic rings. The molecule has 1 saturated heterocycles. The number of nitrogens with zero attached hydrogens (tertiary/aromatic N) is 1. The molecule has 1 heterocycles. The summed E-state index contributed by atoms with van der Waals surface area (Å²) in [5, 5.41) is 0.242. The lowest BCUT2D eigenvalue weighted by atomic mass is 10.0. The van der Waals surface area contributed by atoms with Crippen LogP contribution in [0.2, 0.25) is 19.6 Å². The summed E-state index contributed by atoms with van der Waals surface area (Å²) in [6.45, 7) is 11.0. The van der Waals surface area contributed by atoms with Crippen molar-refractivity contribution in [2.75, 3.05) is 6.54 Å². The van der Waals surface area contributed by atoms with Crippen molar-refractivity contribution in [3.63, 3.8) is 0 Å². The second-order valence-electron chi connectivity index (χ2n) is 7.39. The zero-order valence-electron chi connectivity index (χ0n) is 14.2. The fourth-order valence-electron chi connectivity index (χ4n) is 4.24. The molecular weight excluding hydrogens is 282 g/mol. The second kappa shape index (κ2) is 5.67. The van der Waals surface area contributed by atoms with Crippen LogP contribution in [0.25, 0.3) is 0 Å². The lowest BCUT2D eigenvalue weighted by Gasteiger charge is -2.31. The van der Waals surface area contributed by atoms with Crippen molar-refractivity contribution in [1.82, 2.24) is 4.90 Å². The molecule has 3 atom stereocenters. The van der Waals surface area contributed by atoms with E-state index < -0.39 is 8.07 Å². The minimum atomic E-state index is -1.43. The minimum absolute atomic E-state index is 0.242. The van der Waals surface area contributed by atoms with Crippen LogP contribution in [0, 0.1) is 0 Å². The van der Waals surface area contributed by atoms with Crippen LogP contribution >= 0.6 is 0 Å². The van der Waals surface area contributed by atoms with Gasteiger partial charge in [0.15, 0.2) is 0 Å². The van der Waals surface area contributed by atoms with Gasteiger partial charge in [-0.05, 0) is 24.1 Å². The Balaban J connectivity index is 2.13. The number of hydrogen-bond acceptors (Lipinski definition) is 1. The maximum Gasteiger partial charge on any atom is 0.0759 e. The second-order valence-corrected chi connectivity index (χ2v) is 12.7.